The Bertz CT molecular complexity index is 1230. The Kier molecular flexibility index (Phi) is 5.72. The van der Waals surface area contributed by atoms with Crippen LogP contribution in [0.15, 0.2) is 36.4 Å². The van der Waals surface area contributed by atoms with Gasteiger partial charge in [-0.25, -0.2) is 18.4 Å². The molecule has 2 aromatic rings. The molecule has 2 spiro atoms. The number of benzene rings is 2. The number of halogens is 2. The molecule has 0 radical (unpaired) electrons. The predicted octanol–water partition coefficient (Wildman–Crippen LogP) is 3.69. The first-order valence-electron chi connectivity index (χ1n) is 11.7. The van der Waals surface area contributed by atoms with Gasteiger partial charge in [-0.3, -0.25) is 0 Å². The van der Waals surface area contributed by atoms with E-state index in [0.29, 0.717) is 42.6 Å². The molecule has 9 heteroatoms. The Morgan fingerprint density at radius 3 is 1.66 bits per heavy atom. The molecule has 4 heterocycles. The lowest BCUT2D eigenvalue weighted by atomic mass is 9.84. The number of carbonyl (C=O) groups excluding carboxylic acids is 2. The second kappa shape index (κ2) is 8.61. The first-order valence-corrected chi connectivity index (χ1v) is 11.7. The summed E-state index contributed by atoms with van der Waals surface area (Å²) in [5, 5.41) is 8.82. The zero-order chi connectivity index (χ0) is 24.8. The van der Waals surface area contributed by atoms with Crippen molar-refractivity contribution in [3.8, 4) is 6.19 Å². The van der Waals surface area contributed by atoms with Crippen molar-refractivity contribution >= 4 is 11.9 Å². The normalized spacial score (nSPS) is 21.5. The quantitative estimate of drug-likeness (QED) is 0.419. The largest absolute Gasteiger partial charge is 0.450 e. The van der Waals surface area contributed by atoms with Crippen LogP contribution >= 0.6 is 0 Å². The minimum atomic E-state index is -0.734. The molecule has 35 heavy (non-hydrogen) atoms. The maximum atomic E-state index is 13.3. The fraction of sp³-hybridized carbons (Fsp3) is 0.423. The van der Waals surface area contributed by atoms with Crippen molar-refractivity contribution in [1.82, 2.24) is 9.80 Å². The van der Waals surface area contributed by atoms with Gasteiger partial charge in [0.25, 0.3) is 0 Å². The summed E-state index contributed by atoms with van der Waals surface area (Å²) >= 11 is 0. The molecule has 4 aliphatic heterocycles. The van der Waals surface area contributed by atoms with Gasteiger partial charge in [-0.05, 0) is 43.4 Å². The van der Waals surface area contributed by atoms with E-state index in [4.69, 9.17) is 14.7 Å². The van der Waals surface area contributed by atoms with Crippen LogP contribution in [0.25, 0.3) is 0 Å². The van der Waals surface area contributed by atoms with E-state index in [0.717, 1.165) is 31.5 Å². The van der Waals surface area contributed by atoms with E-state index in [1.54, 1.807) is 4.90 Å². The molecule has 2 saturated heterocycles. The number of hydrogen-bond donors (Lipinski definition) is 0. The fourth-order valence-corrected chi connectivity index (χ4v) is 5.41. The predicted molar refractivity (Wildman–Crippen MR) is 120 cm³/mol. The molecule has 0 amide bonds. The van der Waals surface area contributed by atoms with Gasteiger partial charge in [-0.1, -0.05) is 0 Å². The second-order valence-corrected chi connectivity index (χ2v) is 9.54. The Hall–Kier alpha value is -3.51. The number of carbonyl (C=O) groups is 2. The minimum absolute atomic E-state index is 0.305. The van der Waals surface area contributed by atoms with Crippen molar-refractivity contribution in [3.63, 3.8) is 0 Å². The van der Waals surface area contributed by atoms with E-state index in [9.17, 15) is 18.4 Å². The topological polar surface area (TPSA) is 82.9 Å². The lowest BCUT2D eigenvalue weighted by molar-refractivity contribution is -0.0396. The number of rotatable bonds is 0. The molecule has 0 saturated carbocycles. The van der Waals surface area contributed by atoms with E-state index in [-0.39, 0.29) is 17.6 Å². The number of nitriles is 1. The van der Waals surface area contributed by atoms with Crippen LogP contribution < -0.4 is 0 Å². The molecular formula is C26H25F2N3O4. The number of ether oxygens (including phenoxy) is 2. The van der Waals surface area contributed by atoms with Gasteiger partial charge in [0.05, 0.1) is 11.1 Å². The van der Waals surface area contributed by atoms with Crippen LogP contribution in [0, 0.1) is 23.1 Å². The van der Waals surface area contributed by atoms with Crippen molar-refractivity contribution in [1.29, 1.82) is 5.26 Å². The number of hydrogen-bond acceptors (Lipinski definition) is 7. The van der Waals surface area contributed by atoms with E-state index < -0.39 is 17.2 Å². The van der Waals surface area contributed by atoms with Gasteiger partial charge in [-0.2, -0.15) is 5.26 Å². The highest BCUT2D eigenvalue weighted by molar-refractivity contribution is 5.95. The molecule has 4 aliphatic rings. The van der Waals surface area contributed by atoms with E-state index in [1.807, 2.05) is 7.05 Å². The summed E-state index contributed by atoms with van der Waals surface area (Å²) in [5.41, 5.74) is 1.02. The second-order valence-electron chi connectivity index (χ2n) is 9.54. The highest BCUT2D eigenvalue weighted by atomic mass is 19.1. The molecule has 2 fully saturated rings. The highest BCUT2D eigenvalue weighted by Crippen LogP contribution is 2.45. The number of fused-ring (bicyclic) bond motifs is 4. The number of piperidine rings is 2. The maximum absolute atomic E-state index is 13.3. The average molecular weight is 481 g/mol. The molecule has 6 rings (SSSR count). The zero-order valence-corrected chi connectivity index (χ0v) is 19.4. The van der Waals surface area contributed by atoms with Gasteiger partial charge in [0.15, 0.2) is 6.19 Å². The molecular weight excluding hydrogens is 456 g/mol. The zero-order valence-electron chi connectivity index (χ0n) is 19.4. The number of esters is 2. The first-order chi connectivity index (χ1) is 16.7. The van der Waals surface area contributed by atoms with Gasteiger partial charge in [0.1, 0.15) is 22.8 Å². The van der Waals surface area contributed by atoms with Gasteiger partial charge >= 0.3 is 11.9 Å². The molecule has 0 bridgehead atoms. The van der Waals surface area contributed by atoms with Gasteiger partial charge < -0.3 is 19.3 Å². The highest BCUT2D eigenvalue weighted by Gasteiger charge is 2.48. The summed E-state index contributed by atoms with van der Waals surface area (Å²) in [6.07, 6.45) is 4.62. The van der Waals surface area contributed by atoms with Gasteiger partial charge in [0, 0.05) is 63.0 Å². The van der Waals surface area contributed by atoms with Crippen molar-refractivity contribution in [2.45, 2.75) is 36.9 Å². The summed E-state index contributed by atoms with van der Waals surface area (Å²) < 4.78 is 37.7. The van der Waals surface area contributed by atoms with Crippen molar-refractivity contribution in [3.05, 3.63) is 70.3 Å². The summed E-state index contributed by atoms with van der Waals surface area (Å²) in [7, 11) is 2.04. The number of nitrogens with zero attached hydrogens (tertiary/aromatic N) is 3. The lowest BCUT2D eigenvalue weighted by Gasteiger charge is -2.36. The molecule has 0 unspecified atom stereocenters. The standard InChI is InChI=1S/C13H11FN2O2.C13H14FNO2/c14-9-1-2-10-11(7-9)13(18-12(10)17)3-5-16(8-15)6-4-13;1-15-6-4-13(5-7-15)11-8-9(14)2-3-10(11)12(16)17-13/h1-2,7H,3-6H2;2-3,8H,4-7H2,1H3. The van der Waals surface area contributed by atoms with Crippen LogP contribution in [0.5, 0.6) is 0 Å². The monoisotopic (exact) mass is 481 g/mol. The summed E-state index contributed by atoms with van der Waals surface area (Å²) in [5.74, 6) is -1.38. The molecule has 0 aliphatic carbocycles. The first kappa shape index (κ1) is 23.2. The van der Waals surface area contributed by atoms with Crippen LogP contribution in [-0.4, -0.2) is 55.0 Å². The number of likely N-dealkylation sites (tertiary alicyclic amines) is 2. The van der Waals surface area contributed by atoms with E-state index in [1.165, 1.54) is 36.4 Å². The Morgan fingerprint density at radius 2 is 1.23 bits per heavy atom. The van der Waals surface area contributed by atoms with E-state index >= 15 is 0 Å². The Labute approximate surface area is 201 Å². The lowest BCUT2D eigenvalue weighted by Crippen LogP contribution is -2.41. The molecule has 0 aromatic heterocycles. The van der Waals surface area contributed by atoms with Crippen molar-refractivity contribution in [2.75, 3.05) is 33.2 Å². The fourth-order valence-electron chi connectivity index (χ4n) is 5.41. The molecule has 0 N–H and O–H groups in total. The summed E-state index contributed by atoms with van der Waals surface area (Å²) in [4.78, 5) is 27.4. The van der Waals surface area contributed by atoms with Crippen LogP contribution in [0.4, 0.5) is 8.78 Å². The third kappa shape index (κ3) is 4.02. The average Bonchev–Trinajstić information content (AvgIpc) is 3.27. The molecule has 7 nitrogen and oxygen atoms in total. The van der Waals surface area contributed by atoms with Gasteiger partial charge in [-0.15, -0.1) is 0 Å². The molecule has 0 atom stereocenters. The van der Waals surface area contributed by atoms with Crippen molar-refractivity contribution in [2.24, 2.45) is 0 Å². The SMILES string of the molecule is CN1CCC2(CC1)OC(=O)c1ccc(F)cc12.N#CN1CCC2(CC1)OC(=O)c1ccc(F)cc12. The van der Waals surface area contributed by atoms with E-state index in [2.05, 4.69) is 11.1 Å². The third-order valence-electron chi connectivity index (χ3n) is 7.47. The maximum Gasteiger partial charge on any atom is 0.339 e. The van der Waals surface area contributed by atoms with Crippen LogP contribution in [0.1, 0.15) is 57.5 Å². The van der Waals surface area contributed by atoms with Crippen molar-refractivity contribution < 1.29 is 27.8 Å². The summed E-state index contributed by atoms with van der Waals surface area (Å²) in [6.45, 7) is 2.78. The smallest absolute Gasteiger partial charge is 0.339 e. The third-order valence-corrected chi connectivity index (χ3v) is 7.47. The van der Waals surface area contributed by atoms with Crippen LogP contribution in [0.2, 0.25) is 0 Å². The minimum Gasteiger partial charge on any atom is -0.450 e. The Morgan fingerprint density at radius 1 is 0.800 bits per heavy atom. The molecule has 182 valence electrons. The van der Waals surface area contributed by atoms with Crippen LogP contribution in [-0.2, 0) is 20.7 Å². The Balaban J connectivity index is 0.000000145. The van der Waals surface area contributed by atoms with Crippen LogP contribution in [0.3, 0.4) is 0 Å². The molecule has 2 aromatic carbocycles. The van der Waals surface area contributed by atoms with Gasteiger partial charge in [0.2, 0.25) is 0 Å². The summed E-state index contributed by atoms with van der Waals surface area (Å²) in [6, 6.07) is 8.41.